The van der Waals surface area contributed by atoms with Crippen LogP contribution in [0.25, 0.3) is 0 Å². The number of hydrogen-bond acceptors (Lipinski definition) is 6. The summed E-state index contributed by atoms with van der Waals surface area (Å²) in [4.78, 5) is 28.5. The second-order valence-electron chi connectivity index (χ2n) is 9.68. The molecular weight excluding hydrogens is 530 g/mol. The highest BCUT2D eigenvalue weighted by Gasteiger charge is 2.33. The number of anilines is 1. The van der Waals surface area contributed by atoms with Crippen molar-refractivity contribution in [2.45, 2.75) is 38.3 Å². The molecule has 0 aliphatic carbocycles. The highest BCUT2D eigenvalue weighted by molar-refractivity contribution is 7.92. The van der Waals surface area contributed by atoms with E-state index < -0.39 is 28.5 Å². The molecular formula is C30H37N3O6S. The number of rotatable bonds is 13. The van der Waals surface area contributed by atoms with Crippen LogP contribution in [0.4, 0.5) is 5.69 Å². The third-order valence-electron chi connectivity index (χ3n) is 6.30. The summed E-state index contributed by atoms with van der Waals surface area (Å²) in [5, 5.41) is 2.88. The van der Waals surface area contributed by atoms with Crippen molar-refractivity contribution in [3.8, 4) is 11.5 Å². The third-order valence-corrected chi connectivity index (χ3v) is 8.08. The molecule has 0 heterocycles. The fraction of sp³-hybridized carbons (Fsp3) is 0.333. The minimum absolute atomic E-state index is 0.0239. The van der Waals surface area contributed by atoms with Gasteiger partial charge in [0.15, 0.2) is 0 Å². The first-order valence-corrected chi connectivity index (χ1v) is 14.4. The highest BCUT2D eigenvalue weighted by Crippen LogP contribution is 2.32. The molecule has 3 rings (SSSR count). The summed E-state index contributed by atoms with van der Waals surface area (Å²) in [6.45, 7) is 5.54. The number of nitrogens with one attached hydrogen (secondary N) is 1. The Morgan fingerprint density at radius 2 is 1.55 bits per heavy atom. The molecule has 0 bridgehead atoms. The molecule has 1 atom stereocenters. The number of sulfonamides is 1. The zero-order chi connectivity index (χ0) is 29.3. The van der Waals surface area contributed by atoms with Gasteiger partial charge < -0.3 is 19.7 Å². The average Bonchev–Trinajstić information content (AvgIpc) is 2.97. The number of methoxy groups -OCH3 is 2. The summed E-state index contributed by atoms with van der Waals surface area (Å²) in [6, 6.07) is 20.8. The van der Waals surface area contributed by atoms with Crippen LogP contribution in [0, 0.1) is 5.92 Å². The quantitative estimate of drug-likeness (QED) is 0.334. The smallest absolute Gasteiger partial charge is 0.264 e. The molecule has 0 aromatic heterocycles. The van der Waals surface area contributed by atoms with Crippen molar-refractivity contribution in [3.63, 3.8) is 0 Å². The lowest BCUT2D eigenvalue weighted by atomic mass is 10.1. The van der Waals surface area contributed by atoms with Crippen molar-refractivity contribution in [3.05, 3.63) is 84.4 Å². The number of amides is 2. The molecule has 0 fully saturated rings. The SMILES string of the molecule is COc1cccc(CN(C(=O)CN(c2ccccc2OC)S(=O)(=O)c2ccccc2)[C@@H](C)C(=O)NCC(C)C)c1. The Hall–Kier alpha value is -4.05. The summed E-state index contributed by atoms with van der Waals surface area (Å²) >= 11 is 0. The molecule has 0 spiro atoms. The van der Waals surface area contributed by atoms with E-state index in [9.17, 15) is 18.0 Å². The van der Waals surface area contributed by atoms with Crippen molar-refractivity contribution in [1.29, 1.82) is 0 Å². The predicted octanol–water partition coefficient (Wildman–Crippen LogP) is 4.09. The van der Waals surface area contributed by atoms with Crippen LogP contribution >= 0.6 is 0 Å². The van der Waals surface area contributed by atoms with Gasteiger partial charge in [0.1, 0.15) is 24.1 Å². The molecule has 0 radical (unpaired) electrons. The van der Waals surface area contributed by atoms with Gasteiger partial charge in [0.25, 0.3) is 10.0 Å². The third kappa shape index (κ3) is 7.53. The van der Waals surface area contributed by atoms with E-state index in [1.165, 1.54) is 24.1 Å². The molecule has 0 aliphatic rings. The number of benzene rings is 3. The number of carbonyl (C=O) groups excluding carboxylic acids is 2. The lowest BCUT2D eigenvalue weighted by Gasteiger charge is -2.32. The second-order valence-corrected chi connectivity index (χ2v) is 11.5. The summed E-state index contributed by atoms with van der Waals surface area (Å²) < 4.78 is 39.6. The maximum atomic E-state index is 14.0. The summed E-state index contributed by atoms with van der Waals surface area (Å²) in [5.74, 6) is 0.219. The van der Waals surface area contributed by atoms with Crippen LogP contribution in [-0.2, 0) is 26.2 Å². The largest absolute Gasteiger partial charge is 0.497 e. The van der Waals surface area contributed by atoms with Crippen molar-refractivity contribution in [1.82, 2.24) is 10.2 Å². The molecule has 9 nitrogen and oxygen atoms in total. The highest BCUT2D eigenvalue weighted by atomic mass is 32.2. The Bertz CT molecular complexity index is 1400. The predicted molar refractivity (Wildman–Crippen MR) is 155 cm³/mol. The first-order chi connectivity index (χ1) is 19.1. The normalized spacial score (nSPS) is 11.9. The van der Waals surface area contributed by atoms with E-state index in [-0.39, 0.29) is 34.7 Å². The zero-order valence-corrected chi connectivity index (χ0v) is 24.4. The van der Waals surface area contributed by atoms with Gasteiger partial charge in [-0.2, -0.15) is 0 Å². The molecule has 1 N–H and O–H groups in total. The van der Waals surface area contributed by atoms with Crippen LogP contribution in [0.1, 0.15) is 26.3 Å². The topological polar surface area (TPSA) is 105 Å². The molecule has 0 aliphatic heterocycles. The van der Waals surface area contributed by atoms with Crippen molar-refractivity contribution < 1.29 is 27.5 Å². The first kappa shape index (κ1) is 30.5. The van der Waals surface area contributed by atoms with Crippen LogP contribution in [-0.4, -0.2) is 58.5 Å². The monoisotopic (exact) mass is 567 g/mol. The van der Waals surface area contributed by atoms with Crippen LogP contribution in [0.5, 0.6) is 11.5 Å². The van der Waals surface area contributed by atoms with Gasteiger partial charge in [0.05, 0.1) is 24.8 Å². The Kier molecular flexibility index (Phi) is 10.6. The van der Waals surface area contributed by atoms with Gasteiger partial charge >= 0.3 is 0 Å². The maximum absolute atomic E-state index is 14.0. The number of carbonyl (C=O) groups is 2. The Balaban J connectivity index is 2.04. The second kappa shape index (κ2) is 13.8. The van der Waals surface area contributed by atoms with Crippen LogP contribution < -0.4 is 19.1 Å². The van der Waals surface area contributed by atoms with Gasteiger partial charge in [-0.1, -0.05) is 56.3 Å². The van der Waals surface area contributed by atoms with E-state index >= 15 is 0 Å². The minimum atomic E-state index is -4.18. The molecule has 40 heavy (non-hydrogen) atoms. The van der Waals surface area contributed by atoms with Crippen LogP contribution in [0.2, 0.25) is 0 Å². The Labute approximate surface area is 236 Å². The van der Waals surface area contributed by atoms with Gasteiger partial charge in [-0.25, -0.2) is 8.42 Å². The van der Waals surface area contributed by atoms with E-state index in [0.717, 1.165) is 9.87 Å². The molecule has 0 saturated heterocycles. The lowest BCUT2D eigenvalue weighted by molar-refractivity contribution is -0.139. The molecule has 10 heteroatoms. The molecule has 3 aromatic rings. The van der Waals surface area contributed by atoms with Crippen LogP contribution in [0.15, 0.2) is 83.8 Å². The molecule has 0 saturated carbocycles. The number of hydrogen-bond donors (Lipinski definition) is 1. The van der Waals surface area contributed by atoms with E-state index in [2.05, 4.69) is 5.32 Å². The lowest BCUT2D eigenvalue weighted by Crippen LogP contribution is -2.51. The maximum Gasteiger partial charge on any atom is 0.264 e. The van der Waals surface area contributed by atoms with Gasteiger partial charge in [-0.15, -0.1) is 0 Å². The standard InChI is InChI=1S/C30H37N3O6S/c1-22(2)19-31-30(35)23(3)32(20-24-12-11-13-25(18-24)38-4)29(34)21-33(27-16-9-10-17-28(27)39-5)40(36,37)26-14-7-6-8-15-26/h6-18,22-23H,19-21H2,1-5H3,(H,31,35)/t23-/m0/s1. The van der Waals surface area contributed by atoms with E-state index in [4.69, 9.17) is 9.47 Å². The van der Waals surface area contributed by atoms with Gasteiger partial charge in [-0.3, -0.25) is 13.9 Å². The van der Waals surface area contributed by atoms with Gasteiger partial charge in [0, 0.05) is 13.1 Å². The molecule has 3 aromatic carbocycles. The van der Waals surface area contributed by atoms with Gasteiger partial charge in [0.2, 0.25) is 11.8 Å². The average molecular weight is 568 g/mol. The summed E-state index contributed by atoms with van der Waals surface area (Å²) in [5.41, 5.74) is 0.936. The van der Waals surface area contributed by atoms with Crippen molar-refractivity contribution in [2.24, 2.45) is 5.92 Å². The van der Waals surface area contributed by atoms with Crippen LogP contribution in [0.3, 0.4) is 0 Å². The minimum Gasteiger partial charge on any atom is -0.497 e. The molecule has 214 valence electrons. The number of ether oxygens (including phenoxy) is 2. The molecule has 2 amide bonds. The number of nitrogens with zero attached hydrogens (tertiary/aromatic N) is 2. The zero-order valence-electron chi connectivity index (χ0n) is 23.5. The van der Waals surface area contributed by atoms with E-state index in [1.54, 1.807) is 74.7 Å². The van der Waals surface area contributed by atoms with E-state index in [0.29, 0.717) is 12.3 Å². The number of para-hydroxylation sites is 2. The molecule has 0 unspecified atom stereocenters. The Morgan fingerprint density at radius 1 is 0.875 bits per heavy atom. The van der Waals surface area contributed by atoms with E-state index in [1.807, 2.05) is 19.9 Å². The summed E-state index contributed by atoms with van der Waals surface area (Å²) in [7, 11) is -1.20. The fourth-order valence-electron chi connectivity index (χ4n) is 4.07. The van der Waals surface area contributed by atoms with Gasteiger partial charge in [-0.05, 0) is 54.8 Å². The summed E-state index contributed by atoms with van der Waals surface area (Å²) in [6.07, 6.45) is 0. The Morgan fingerprint density at radius 3 is 2.20 bits per heavy atom. The first-order valence-electron chi connectivity index (χ1n) is 13.0. The van der Waals surface area contributed by atoms with Crippen molar-refractivity contribution in [2.75, 3.05) is 31.6 Å². The van der Waals surface area contributed by atoms with Crippen molar-refractivity contribution >= 4 is 27.5 Å². The fourth-order valence-corrected chi connectivity index (χ4v) is 5.52.